The molecular weight excluding hydrogens is 334 g/mol. The van der Waals surface area contributed by atoms with Gasteiger partial charge in [-0.05, 0) is 29.5 Å². The highest BCUT2D eigenvalue weighted by atomic mass is 32.1. The molecule has 0 saturated heterocycles. The summed E-state index contributed by atoms with van der Waals surface area (Å²) in [5.41, 5.74) is 3.23. The zero-order chi connectivity index (χ0) is 16.6. The maximum absolute atomic E-state index is 5.50. The van der Waals surface area contributed by atoms with Crippen molar-refractivity contribution in [3.63, 3.8) is 0 Å². The van der Waals surface area contributed by atoms with Crippen LogP contribution in [0, 0.1) is 0 Å². The molecule has 0 radical (unpaired) electrons. The van der Waals surface area contributed by atoms with Gasteiger partial charge in [0.2, 0.25) is 5.82 Å². The number of thiophene rings is 1. The fourth-order valence-electron chi connectivity index (χ4n) is 3.09. The number of para-hydroxylation sites is 1. The molecule has 5 rings (SSSR count). The van der Waals surface area contributed by atoms with Gasteiger partial charge in [-0.15, -0.1) is 11.3 Å². The largest absolute Gasteiger partial charge is 0.333 e. The number of hydrogen-bond donors (Lipinski definition) is 0. The minimum absolute atomic E-state index is 0.434. The average molecular weight is 347 g/mol. The lowest BCUT2D eigenvalue weighted by atomic mass is 10.2. The second-order valence-electron chi connectivity index (χ2n) is 5.69. The minimum Gasteiger partial charge on any atom is -0.333 e. The van der Waals surface area contributed by atoms with E-state index in [9.17, 15) is 0 Å². The van der Waals surface area contributed by atoms with Gasteiger partial charge in [0.1, 0.15) is 17.7 Å². The molecule has 7 heteroatoms. The lowest BCUT2D eigenvalue weighted by molar-refractivity contribution is 0.432. The Labute approximate surface area is 147 Å². The van der Waals surface area contributed by atoms with Crippen LogP contribution in [0.2, 0.25) is 0 Å². The molecule has 0 unspecified atom stereocenters. The summed E-state index contributed by atoms with van der Waals surface area (Å²) >= 11 is 1.58. The molecule has 122 valence electrons. The van der Waals surface area contributed by atoms with E-state index in [-0.39, 0.29) is 0 Å². The maximum atomic E-state index is 5.50. The van der Waals surface area contributed by atoms with Gasteiger partial charge in [0.15, 0.2) is 0 Å². The molecule has 1 aliphatic heterocycles. The van der Waals surface area contributed by atoms with E-state index >= 15 is 0 Å². The quantitative estimate of drug-likeness (QED) is 0.559. The van der Waals surface area contributed by atoms with Crippen molar-refractivity contribution in [2.24, 2.45) is 0 Å². The number of anilines is 2. The fourth-order valence-corrected chi connectivity index (χ4v) is 3.74. The number of nitrogens with zero attached hydrogens (tertiary/aromatic N) is 5. The topological polar surface area (TPSA) is 67.9 Å². The van der Waals surface area contributed by atoms with Crippen molar-refractivity contribution in [3.8, 4) is 22.2 Å². The van der Waals surface area contributed by atoms with Crippen molar-refractivity contribution in [2.45, 2.75) is 6.42 Å². The molecule has 0 N–H and O–H groups in total. The first kappa shape index (κ1) is 14.3. The van der Waals surface area contributed by atoms with Crippen LogP contribution in [0.4, 0.5) is 11.5 Å². The summed E-state index contributed by atoms with van der Waals surface area (Å²) < 4.78 is 5.50. The molecule has 4 heterocycles. The Bertz CT molecular complexity index is 1030. The SMILES string of the molecule is c1csc(-c2noc(-c3cncnc3N3CCc4ccccc43)n2)c1. The Morgan fingerprint density at radius 2 is 2.08 bits per heavy atom. The van der Waals surface area contributed by atoms with Crippen LogP contribution in [-0.2, 0) is 6.42 Å². The molecule has 0 atom stereocenters. The predicted octanol–water partition coefficient (Wildman–Crippen LogP) is 3.95. The van der Waals surface area contributed by atoms with Crippen LogP contribution in [0.3, 0.4) is 0 Å². The van der Waals surface area contributed by atoms with Gasteiger partial charge in [0, 0.05) is 18.4 Å². The van der Waals surface area contributed by atoms with Gasteiger partial charge < -0.3 is 9.42 Å². The molecule has 1 aliphatic rings. The van der Waals surface area contributed by atoms with E-state index < -0.39 is 0 Å². The van der Waals surface area contributed by atoms with Gasteiger partial charge in [-0.2, -0.15) is 4.98 Å². The van der Waals surface area contributed by atoms with Gasteiger partial charge >= 0.3 is 0 Å². The molecular formula is C18H13N5OS. The number of aromatic nitrogens is 4. The first-order valence-corrected chi connectivity index (χ1v) is 8.81. The molecule has 25 heavy (non-hydrogen) atoms. The first-order chi connectivity index (χ1) is 12.4. The average Bonchev–Trinajstić information content (AvgIpc) is 3.40. The van der Waals surface area contributed by atoms with Crippen molar-refractivity contribution in [1.29, 1.82) is 0 Å². The van der Waals surface area contributed by atoms with E-state index in [0.29, 0.717) is 11.7 Å². The van der Waals surface area contributed by atoms with E-state index in [1.807, 2.05) is 23.6 Å². The van der Waals surface area contributed by atoms with E-state index in [4.69, 9.17) is 4.52 Å². The summed E-state index contributed by atoms with van der Waals surface area (Å²) in [5, 5.41) is 6.09. The van der Waals surface area contributed by atoms with Crippen LogP contribution in [0.15, 0.2) is 58.8 Å². The molecule has 0 saturated carbocycles. The summed E-state index contributed by atoms with van der Waals surface area (Å²) in [7, 11) is 0. The maximum Gasteiger partial charge on any atom is 0.263 e. The molecule has 0 fully saturated rings. The van der Waals surface area contributed by atoms with Crippen LogP contribution in [0.1, 0.15) is 5.56 Å². The van der Waals surface area contributed by atoms with Crippen LogP contribution < -0.4 is 4.90 Å². The van der Waals surface area contributed by atoms with Crippen molar-refractivity contribution >= 4 is 22.8 Å². The van der Waals surface area contributed by atoms with Crippen molar-refractivity contribution in [1.82, 2.24) is 20.1 Å². The zero-order valence-electron chi connectivity index (χ0n) is 13.2. The van der Waals surface area contributed by atoms with Gasteiger partial charge in [-0.1, -0.05) is 29.4 Å². The highest BCUT2D eigenvalue weighted by molar-refractivity contribution is 7.13. The van der Waals surface area contributed by atoms with Crippen molar-refractivity contribution in [2.75, 3.05) is 11.4 Å². The van der Waals surface area contributed by atoms with E-state index in [1.54, 1.807) is 23.9 Å². The molecule has 1 aromatic carbocycles. The Kier molecular flexibility index (Phi) is 3.31. The van der Waals surface area contributed by atoms with Crippen LogP contribution >= 0.6 is 11.3 Å². The van der Waals surface area contributed by atoms with Gasteiger partial charge in [0.25, 0.3) is 5.89 Å². The molecule has 3 aromatic heterocycles. The molecule has 6 nitrogen and oxygen atoms in total. The smallest absolute Gasteiger partial charge is 0.263 e. The van der Waals surface area contributed by atoms with Gasteiger partial charge in [0.05, 0.1) is 4.88 Å². The molecule has 0 bridgehead atoms. The van der Waals surface area contributed by atoms with Crippen LogP contribution in [0.25, 0.3) is 22.2 Å². The molecule has 0 aliphatic carbocycles. The minimum atomic E-state index is 0.434. The third kappa shape index (κ3) is 2.40. The number of fused-ring (bicyclic) bond motifs is 1. The van der Waals surface area contributed by atoms with Gasteiger partial charge in [-0.3, -0.25) is 0 Å². The second kappa shape index (κ2) is 5.78. The van der Waals surface area contributed by atoms with E-state index in [1.165, 1.54) is 11.3 Å². The summed E-state index contributed by atoms with van der Waals surface area (Å²) in [5.74, 6) is 1.81. The zero-order valence-corrected chi connectivity index (χ0v) is 14.0. The molecule has 0 spiro atoms. The highest BCUT2D eigenvalue weighted by Gasteiger charge is 2.25. The fraction of sp³-hybridized carbons (Fsp3) is 0.111. The lowest BCUT2D eigenvalue weighted by Crippen LogP contribution is -2.16. The highest BCUT2D eigenvalue weighted by Crippen LogP contribution is 2.38. The number of benzene rings is 1. The summed E-state index contributed by atoms with van der Waals surface area (Å²) in [4.78, 5) is 16.3. The summed E-state index contributed by atoms with van der Waals surface area (Å²) in [6, 6.07) is 12.3. The van der Waals surface area contributed by atoms with E-state index in [0.717, 1.165) is 29.2 Å². The number of rotatable bonds is 3. The second-order valence-corrected chi connectivity index (χ2v) is 6.64. The summed E-state index contributed by atoms with van der Waals surface area (Å²) in [6.45, 7) is 0.870. The first-order valence-electron chi connectivity index (χ1n) is 7.93. The third-order valence-corrected chi connectivity index (χ3v) is 5.10. The number of hydrogen-bond acceptors (Lipinski definition) is 7. The Hall–Kier alpha value is -3.06. The van der Waals surface area contributed by atoms with Crippen LogP contribution in [0.5, 0.6) is 0 Å². The monoisotopic (exact) mass is 347 g/mol. The Morgan fingerprint density at radius 1 is 1.12 bits per heavy atom. The molecule has 0 amide bonds. The van der Waals surface area contributed by atoms with Crippen molar-refractivity contribution < 1.29 is 4.52 Å². The van der Waals surface area contributed by atoms with Crippen molar-refractivity contribution in [3.05, 3.63) is 59.9 Å². The standard InChI is InChI=1S/C18H13N5OS/c1-2-5-14-12(4-1)7-8-23(14)17-13(10-19-11-20-17)18-21-16(22-24-18)15-6-3-9-25-15/h1-6,9-11H,7-8H2. The normalized spacial score (nSPS) is 13.2. The Morgan fingerprint density at radius 3 is 3.00 bits per heavy atom. The summed E-state index contributed by atoms with van der Waals surface area (Å²) in [6.07, 6.45) is 4.27. The van der Waals surface area contributed by atoms with Gasteiger partial charge in [-0.25, -0.2) is 9.97 Å². The van der Waals surface area contributed by atoms with E-state index in [2.05, 4.69) is 43.2 Å². The third-order valence-electron chi connectivity index (χ3n) is 4.23. The van der Waals surface area contributed by atoms with Crippen LogP contribution in [-0.4, -0.2) is 26.7 Å². The Balaban J connectivity index is 1.58. The lowest BCUT2D eigenvalue weighted by Gasteiger charge is -2.19. The predicted molar refractivity (Wildman–Crippen MR) is 95.8 cm³/mol. The molecule has 4 aromatic rings.